The zero-order valence-corrected chi connectivity index (χ0v) is 10.1. The van der Waals surface area contributed by atoms with Crippen LogP contribution in [0.15, 0.2) is 23.2 Å². The Balaban J connectivity index is 2.10. The van der Waals surface area contributed by atoms with Gasteiger partial charge in [-0.15, -0.1) is 0 Å². The number of hydrogen-bond donors (Lipinski definition) is 3. The first-order valence-electron chi connectivity index (χ1n) is 5.76. The molecule has 0 spiro atoms. The van der Waals surface area contributed by atoms with Crippen LogP contribution in [0.3, 0.4) is 0 Å². The molecule has 0 bridgehead atoms. The van der Waals surface area contributed by atoms with Gasteiger partial charge in [-0.2, -0.15) is 0 Å². The number of nitrogen functional groups attached to an aromatic ring is 1. The summed E-state index contributed by atoms with van der Waals surface area (Å²) in [4.78, 5) is 6.48. The molecule has 92 valence electrons. The Hall–Kier alpha value is -1.91. The first-order valence-corrected chi connectivity index (χ1v) is 5.76. The molecule has 1 aromatic rings. The lowest BCUT2D eigenvalue weighted by molar-refractivity contribution is 0.751. The predicted molar refractivity (Wildman–Crippen MR) is 72.0 cm³/mol. The van der Waals surface area contributed by atoms with Gasteiger partial charge in [0.15, 0.2) is 5.96 Å². The number of anilines is 2. The lowest BCUT2D eigenvalue weighted by Gasteiger charge is -2.19. The predicted octanol–water partition coefficient (Wildman–Crippen LogP) is 0.429. The van der Waals surface area contributed by atoms with Gasteiger partial charge >= 0.3 is 0 Å². The summed E-state index contributed by atoms with van der Waals surface area (Å²) in [6.07, 6.45) is 0.987. The highest BCUT2D eigenvalue weighted by molar-refractivity contribution is 5.76. The molecule has 1 aromatic carbocycles. The van der Waals surface area contributed by atoms with Gasteiger partial charge in [-0.25, -0.2) is 4.99 Å². The highest BCUT2D eigenvalue weighted by Gasteiger charge is 2.22. The lowest BCUT2D eigenvalue weighted by atomic mass is 10.2. The number of rotatable bonds is 2. The molecule has 1 atom stereocenters. The fourth-order valence-electron chi connectivity index (χ4n) is 2.15. The molecule has 17 heavy (non-hydrogen) atoms. The largest absolute Gasteiger partial charge is 0.399 e. The molecule has 0 saturated carbocycles. The molecule has 6 N–H and O–H groups in total. The highest BCUT2D eigenvalue weighted by atomic mass is 15.2. The van der Waals surface area contributed by atoms with Crippen molar-refractivity contribution in [2.75, 3.05) is 23.7 Å². The molecule has 5 heteroatoms. The zero-order chi connectivity index (χ0) is 12.4. The quantitative estimate of drug-likeness (QED) is 0.392. The normalized spacial score (nSPS) is 19.4. The fourth-order valence-corrected chi connectivity index (χ4v) is 2.15. The Morgan fingerprint density at radius 2 is 2.18 bits per heavy atom. The van der Waals surface area contributed by atoms with E-state index in [1.54, 1.807) is 0 Å². The summed E-state index contributed by atoms with van der Waals surface area (Å²) in [7, 11) is 0. The maximum Gasteiger partial charge on any atom is 0.186 e. The van der Waals surface area contributed by atoms with Crippen LogP contribution in [0.25, 0.3) is 0 Å². The Kier molecular flexibility index (Phi) is 3.08. The minimum absolute atomic E-state index is 0.172. The SMILES string of the molecule is Cc1cc(N2CCC(N=C(N)N)C2)ccc1N. The van der Waals surface area contributed by atoms with Crippen LogP contribution in [0.2, 0.25) is 0 Å². The number of aliphatic imine (C=N–C) groups is 1. The first-order chi connectivity index (χ1) is 8.06. The Bertz CT molecular complexity index is 437. The van der Waals surface area contributed by atoms with Crippen molar-refractivity contribution in [1.82, 2.24) is 0 Å². The van der Waals surface area contributed by atoms with E-state index in [1.165, 1.54) is 5.69 Å². The lowest BCUT2D eigenvalue weighted by Crippen LogP contribution is -2.27. The number of nitrogens with two attached hydrogens (primary N) is 3. The second-order valence-corrected chi connectivity index (χ2v) is 4.48. The molecule has 1 aliphatic heterocycles. The van der Waals surface area contributed by atoms with Crippen molar-refractivity contribution in [1.29, 1.82) is 0 Å². The molecule has 5 nitrogen and oxygen atoms in total. The van der Waals surface area contributed by atoms with Gasteiger partial charge in [0.05, 0.1) is 6.04 Å². The highest BCUT2D eigenvalue weighted by Crippen LogP contribution is 2.25. The van der Waals surface area contributed by atoms with Gasteiger partial charge in [0.2, 0.25) is 0 Å². The van der Waals surface area contributed by atoms with E-state index in [2.05, 4.69) is 16.0 Å². The summed E-state index contributed by atoms with van der Waals surface area (Å²) in [5.74, 6) is 0.172. The molecule has 1 heterocycles. The van der Waals surface area contributed by atoms with Crippen LogP contribution in [0.4, 0.5) is 11.4 Å². The average Bonchev–Trinajstić information content (AvgIpc) is 2.69. The molecule has 0 amide bonds. The summed E-state index contributed by atoms with van der Waals surface area (Å²) < 4.78 is 0. The van der Waals surface area contributed by atoms with Crippen LogP contribution in [0.1, 0.15) is 12.0 Å². The summed E-state index contributed by atoms with van der Waals surface area (Å²) in [6, 6.07) is 6.30. The minimum atomic E-state index is 0.172. The second kappa shape index (κ2) is 4.53. The van der Waals surface area contributed by atoms with Crippen molar-refractivity contribution in [3.8, 4) is 0 Å². The van der Waals surface area contributed by atoms with E-state index in [1.807, 2.05) is 19.1 Å². The minimum Gasteiger partial charge on any atom is -0.399 e. The Labute approximate surface area is 101 Å². The van der Waals surface area contributed by atoms with Crippen LogP contribution in [0.5, 0.6) is 0 Å². The average molecular weight is 233 g/mol. The molecule has 1 unspecified atom stereocenters. The standard InChI is InChI=1S/C12H19N5/c1-8-6-10(2-3-11(8)13)17-5-4-9(7-17)16-12(14)15/h2-3,6,9H,4-5,7,13H2,1H3,(H4,14,15,16). The van der Waals surface area contributed by atoms with Crippen molar-refractivity contribution in [3.63, 3.8) is 0 Å². The maximum atomic E-state index is 5.81. The smallest absolute Gasteiger partial charge is 0.186 e. The topological polar surface area (TPSA) is 93.7 Å². The molecule has 0 aromatic heterocycles. The molecule has 2 rings (SSSR count). The molecule has 0 radical (unpaired) electrons. The molecule has 1 fully saturated rings. The number of hydrogen-bond acceptors (Lipinski definition) is 3. The number of guanidine groups is 1. The third-order valence-corrected chi connectivity index (χ3v) is 3.11. The van der Waals surface area contributed by atoms with Crippen LogP contribution in [0, 0.1) is 6.92 Å². The van der Waals surface area contributed by atoms with E-state index < -0.39 is 0 Å². The van der Waals surface area contributed by atoms with Gasteiger partial charge in [0.1, 0.15) is 0 Å². The van der Waals surface area contributed by atoms with E-state index in [-0.39, 0.29) is 12.0 Å². The van der Waals surface area contributed by atoms with E-state index >= 15 is 0 Å². The second-order valence-electron chi connectivity index (χ2n) is 4.48. The molecule has 0 aliphatic carbocycles. The van der Waals surface area contributed by atoms with Crippen molar-refractivity contribution >= 4 is 17.3 Å². The van der Waals surface area contributed by atoms with Gasteiger partial charge in [0, 0.05) is 24.5 Å². The molecule has 1 aliphatic rings. The fraction of sp³-hybridized carbons (Fsp3) is 0.417. The summed E-state index contributed by atoms with van der Waals surface area (Å²) in [5, 5.41) is 0. The van der Waals surface area contributed by atoms with Crippen LogP contribution in [-0.2, 0) is 0 Å². The van der Waals surface area contributed by atoms with E-state index in [9.17, 15) is 0 Å². The van der Waals surface area contributed by atoms with Crippen molar-refractivity contribution in [3.05, 3.63) is 23.8 Å². The van der Waals surface area contributed by atoms with E-state index in [4.69, 9.17) is 17.2 Å². The van der Waals surface area contributed by atoms with Crippen molar-refractivity contribution in [2.45, 2.75) is 19.4 Å². The zero-order valence-electron chi connectivity index (χ0n) is 10.1. The first kappa shape index (κ1) is 11.6. The van der Waals surface area contributed by atoms with Gasteiger partial charge in [-0.1, -0.05) is 0 Å². The number of nitrogens with zero attached hydrogens (tertiary/aromatic N) is 2. The summed E-state index contributed by atoms with van der Waals surface area (Å²) in [6.45, 7) is 3.86. The summed E-state index contributed by atoms with van der Waals surface area (Å²) in [5.41, 5.74) is 19.7. The summed E-state index contributed by atoms with van der Waals surface area (Å²) >= 11 is 0. The van der Waals surface area contributed by atoms with Gasteiger partial charge in [-0.05, 0) is 37.1 Å². The van der Waals surface area contributed by atoms with E-state index in [0.717, 1.165) is 30.8 Å². The van der Waals surface area contributed by atoms with Crippen LogP contribution >= 0.6 is 0 Å². The Morgan fingerprint density at radius 1 is 1.41 bits per heavy atom. The molecule has 1 saturated heterocycles. The van der Waals surface area contributed by atoms with Crippen LogP contribution in [-0.4, -0.2) is 25.1 Å². The van der Waals surface area contributed by atoms with Gasteiger partial charge in [-0.3, -0.25) is 0 Å². The van der Waals surface area contributed by atoms with Crippen LogP contribution < -0.4 is 22.1 Å². The third-order valence-electron chi connectivity index (χ3n) is 3.11. The van der Waals surface area contributed by atoms with Gasteiger partial charge < -0.3 is 22.1 Å². The molecular formula is C12H19N5. The third kappa shape index (κ3) is 2.61. The Morgan fingerprint density at radius 3 is 2.82 bits per heavy atom. The van der Waals surface area contributed by atoms with Gasteiger partial charge in [0.25, 0.3) is 0 Å². The monoisotopic (exact) mass is 233 g/mol. The van der Waals surface area contributed by atoms with Crippen molar-refractivity contribution < 1.29 is 0 Å². The number of benzene rings is 1. The number of aryl methyl sites for hydroxylation is 1. The van der Waals surface area contributed by atoms with Crippen molar-refractivity contribution in [2.24, 2.45) is 16.5 Å². The maximum absolute atomic E-state index is 5.81. The molecular weight excluding hydrogens is 214 g/mol. The van der Waals surface area contributed by atoms with E-state index in [0.29, 0.717) is 0 Å².